The fraction of sp³-hybridized carbons (Fsp3) is 0.385. The van der Waals surface area contributed by atoms with Gasteiger partial charge in [-0.25, -0.2) is 4.79 Å². The summed E-state index contributed by atoms with van der Waals surface area (Å²) in [6.45, 7) is 4.03. The van der Waals surface area contributed by atoms with Crippen molar-refractivity contribution in [2.24, 2.45) is 0 Å². The lowest BCUT2D eigenvalue weighted by atomic mass is 10.2. The van der Waals surface area contributed by atoms with Gasteiger partial charge in [0.25, 0.3) is 5.91 Å². The van der Waals surface area contributed by atoms with Crippen LogP contribution in [0.5, 0.6) is 5.75 Å². The van der Waals surface area contributed by atoms with Crippen molar-refractivity contribution in [3.05, 3.63) is 29.8 Å². The molecular weight excluding hydrogens is 234 g/mol. The molecular formula is C13H17NO4. The van der Waals surface area contributed by atoms with Crippen LogP contribution in [0.4, 0.5) is 0 Å². The summed E-state index contributed by atoms with van der Waals surface area (Å²) in [5.41, 5.74) is 0.467. The Kier molecular flexibility index (Phi) is 5.17. The summed E-state index contributed by atoms with van der Waals surface area (Å²) < 4.78 is 9.80. The van der Waals surface area contributed by atoms with E-state index in [0.29, 0.717) is 17.9 Å². The molecule has 1 rings (SSSR count). The molecule has 0 bridgehead atoms. The first kappa shape index (κ1) is 14.0. The maximum atomic E-state index is 11.8. The minimum atomic E-state index is -0.672. The lowest BCUT2D eigenvalue weighted by Crippen LogP contribution is -2.39. The monoisotopic (exact) mass is 251 g/mol. The first-order valence-electron chi connectivity index (χ1n) is 5.70. The van der Waals surface area contributed by atoms with Crippen LogP contribution in [-0.2, 0) is 9.53 Å². The predicted molar refractivity (Wildman–Crippen MR) is 66.6 cm³/mol. The smallest absolute Gasteiger partial charge is 0.328 e. The van der Waals surface area contributed by atoms with Gasteiger partial charge in [0.1, 0.15) is 11.8 Å². The Labute approximate surface area is 106 Å². The highest BCUT2D eigenvalue weighted by Crippen LogP contribution is 2.12. The Hall–Kier alpha value is -2.04. The van der Waals surface area contributed by atoms with Crippen molar-refractivity contribution >= 4 is 11.9 Å². The summed E-state index contributed by atoms with van der Waals surface area (Å²) in [4.78, 5) is 22.9. The number of rotatable bonds is 5. The van der Waals surface area contributed by atoms with E-state index in [2.05, 4.69) is 10.1 Å². The Morgan fingerprint density at radius 1 is 1.28 bits per heavy atom. The molecule has 5 nitrogen and oxygen atoms in total. The zero-order valence-corrected chi connectivity index (χ0v) is 10.7. The molecule has 0 heterocycles. The molecule has 0 aliphatic rings. The SMILES string of the molecule is CCOc1ccc(C(=O)NC(C)C(=O)OC)cc1. The molecule has 0 fully saturated rings. The van der Waals surface area contributed by atoms with Crippen LogP contribution in [0.1, 0.15) is 24.2 Å². The van der Waals surface area contributed by atoms with Gasteiger partial charge in [-0.1, -0.05) is 0 Å². The number of hydrogen-bond donors (Lipinski definition) is 1. The number of methoxy groups -OCH3 is 1. The second kappa shape index (κ2) is 6.64. The minimum Gasteiger partial charge on any atom is -0.494 e. The third-order valence-corrected chi connectivity index (χ3v) is 2.33. The van der Waals surface area contributed by atoms with E-state index in [-0.39, 0.29) is 5.91 Å². The molecule has 1 atom stereocenters. The van der Waals surface area contributed by atoms with Crippen LogP contribution in [0.25, 0.3) is 0 Å². The van der Waals surface area contributed by atoms with Gasteiger partial charge in [0.2, 0.25) is 0 Å². The zero-order chi connectivity index (χ0) is 13.5. The topological polar surface area (TPSA) is 64.6 Å². The molecule has 0 saturated heterocycles. The highest BCUT2D eigenvalue weighted by atomic mass is 16.5. The number of benzene rings is 1. The molecule has 0 aliphatic heterocycles. The molecule has 1 N–H and O–H groups in total. The van der Waals surface area contributed by atoms with Crippen LogP contribution in [0, 0.1) is 0 Å². The maximum Gasteiger partial charge on any atom is 0.328 e. The van der Waals surface area contributed by atoms with Gasteiger partial charge in [0.15, 0.2) is 0 Å². The number of esters is 1. The largest absolute Gasteiger partial charge is 0.494 e. The second-order valence-corrected chi connectivity index (χ2v) is 3.68. The average molecular weight is 251 g/mol. The first-order valence-corrected chi connectivity index (χ1v) is 5.70. The van der Waals surface area contributed by atoms with Crippen molar-refractivity contribution in [1.82, 2.24) is 5.32 Å². The summed E-state index contributed by atoms with van der Waals surface area (Å²) in [6.07, 6.45) is 0. The lowest BCUT2D eigenvalue weighted by molar-refractivity contribution is -0.142. The first-order chi connectivity index (χ1) is 8.58. The van der Waals surface area contributed by atoms with E-state index in [0.717, 1.165) is 0 Å². The van der Waals surface area contributed by atoms with Crippen molar-refractivity contribution in [2.75, 3.05) is 13.7 Å². The second-order valence-electron chi connectivity index (χ2n) is 3.68. The molecule has 0 radical (unpaired) electrons. The highest BCUT2D eigenvalue weighted by molar-refractivity contribution is 5.96. The Morgan fingerprint density at radius 3 is 2.39 bits per heavy atom. The molecule has 5 heteroatoms. The highest BCUT2D eigenvalue weighted by Gasteiger charge is 2.16. The summed E-state index contributed by atoms with van der Waals surface area (Å²) >= 11 is 0. The van der Waals surface area contributed by atoms with E-state index in [1.54, 1.807) is 31.2 Å². The van der Waals surface area contributed by atoms with Crippen molar-refractivity contribution in [2.45, 2.75) is 19.9 Å². The molecule has 18 heavy (non-hydrogen) atoms. The maximum absolute atomic E-state index is 11.8. The summed E-state index contributed by atoms with van der Waals surface area (Å²) in [5.74, 6) is -0.0969. The molecule has 0 spiro atoms. The standard InChI is InChI=1S/C13H17NO4/c1-4-18-11-7-5-10(6-8-11)12(15)14-9(2)13(16)17-3/h5-9H,4H2,1-3H3,(H,14,15). The Bertz CT molecular complexity index is 414. The van der Waals surface area contributed by atoms with E-state index in [1.165, 1.54) is 7.11 Å². The molecule has 0 aromatic heterocycles. The van der Waals surface area contributed by atoms with Crippen molar-refractivity contribution in [3.8, 4) is 5.75 Å². The van der Waals surface area contributed by atoms with Gasteiger partial charge in [0.05, 0.1) is 13.7 Å². The van der Waals surface area contributed by atoms with Crippen molar-refractivity contribution in [1.29, 1.82) is 0 Å². The fourth-order valence-corrected chi connectivity index (χ4v) is 1.38. The third kappa shape index (κ3) is 3.76. The van der Waals surface area contributed by atoms with E-state index >= 15 is 0 Å². The molecule has 1 unspecified atom stereocenters. The number of amides is 1. The van der Waals surface area contributed by atoms with E-state index in [4.69, 9.17) is 4.74 Å². The molecule has 98 valence electrons. The quantitative estimate of drug-likeness (QED) is 0.803. The molecule has 1 aromatic rings. The number of hydrogen-bond acceptors (Lipinski definition) is 4. The van der Waals surface area contributed by atoms with Gasteiger partial charge in [-0.15, -0.1) is 0 Å². The average Bonchev–Trinajstić information content (AvgIpc) is 2.38. The number of nitrogens with one attached hydrogen (secondary N) is 1. The van der Waals surface area contributed by atoms with Crippen LogP contribution < -0.4 is 10.1 Å². The minimum absolute atomic E-state index is 0.323. The summed E-state index contributed by atoms with van der Waals surface area (Å²) in [6, 6.07) is 6.03. The lowest BCUT2D eigenvalue weighted by Gasteiger charge is -2.11. The van der Waals surface area contributed by atoms with Gasteiger partial charge in [-0.2, -0.15) is 0 Å². The van der Waals surface area contributed by atoms with Crippen molar-refractivity contribution < 1.29 is 19.1 Å². The number of ether oxygens (including phenoxy) is 2. The summed E-state index contributed by atoms with van der Waals surface area (Å²) in [5, 5.41) is 2.54. The van der Waals surface area contributed by atoms with Gasteiger partial charge >= 0.3 is 5.97 Å². The van der Waals surface area contributed by atoms with Gasteiger partial charge < -0.3 is 14.8 Å². The number of carbonyl (C=O) groups excluding carboxylic acids is 2. The zero-order valence-electron chi connectivity index (χ0n) is 10.7. The molecule has 1 aromatic carbocycles. The van der Waals surface area contributed by atoms with Crippen LogP contribution in [0.15, 0.2) is 24.3 Å². The van der Waals surface area contributed by atoms with E-state index in [9.17, 15) is 9.59 Å². The third-order valence-electron chi connectivity index (χ3n) is 2.33. The molecule has 0 aliphatic carbocycles. The Balaban J connectivity index is 2.64. The molecule has 1 amide bonds. The van der Waals surface area contributed by atoms with Crippen LogP contribution >= 0.6 is 0 Å². The normalized spacial score (nSPS) is 11.5. The predicted octanol–water partition coefficient (Wildman–Crippen LogP) is 1.38. The Morgan fingerprint density at radius 2 is 1.89 bits per heavy atom. The van der Waals surface area contributed by atoms with E-state index < -0.39 is 12.0 Å². The van der Waals surface area contributed by atoms with Gasteiger partial charge in [-0.3, -0.25) is 4.79 Å². The summed E-state index contributed by atoms with van der Waals surface area (Å²) in [7, 11) is 1.28. The van der Waals surface area contributed by atoms with E-state index in [1.807, 2.05) is 6.92 Å². The fourth-order valence-electron chi connectivity index (χ4n) is 1.38. The van der Waals surface area contributed by atoms with Crippen molar-refractivity contribution in [3.63, 3.8) is 0 Å². The van der Waals surface area contributed by atoms with Gasteiger partial charge in [0, 0.05) is 5.56 Å². The molecule has 0 saturated carbocycles. The van der Waals surface area contributed by atoms with Gasteiger partial charge in [-0.05, 0) is 38.1 Å². The number of carbonyl (C=O) groups is 2. The van der Waals surface area contributed by atoms with Crippen LogP contribution in [0.2, 0.25) is 0 Å². The van der Waals surface area contributed by atoms with Crippen LogP contribution in [-0.4, -0.2) is 31.6 Å². The van der Waals surface area contributed by atoms with Crippen LogP contribution in [0.3, 0.4) is 0 Å².